The standard InChI is InChI=1S/C27H25N5O.C2H4O2/c1-18-7-9-20(10-8-18)17-32-27(28)23(16-29-32)30-25-19(2)26(31-15-5-4-6-24(25)31)21-11-13-22(33-3)14-12-21;1-2(3)4/h4-16,28H,17H2,1-3H3;1H3,(H,3,4). The zero-order valence-corrected chi connectivity index (χ0v) is 21.3. The Bertz CT molecular complexity index is 1480. The SMILES string of the molecule is CC(=O)[O-].COc1ccc(C2=C(C)/C(=N\c3cnn(Cc4ccc(C)cc4)c3N)c3cccc[n+]32)cc1. The van der Waals surface area contributed by atoms with E-state index in [2.05, 4.69) is 72.2 Å². The van der Waals surface area contributed by atoms with Crippen LogP contribution in [0.5, 0.6) is 5.75 Å². The fraction of sp³-hybridized carbons (Fsp3) is 0.172. The Morgan fingerprint density at radius 2 is 1.76 bits per heavy atom. The third-order valence-corrected chi connectivity index (χ3v) is 5.96. The van der Waals surface area contributed by atoms with E-state index < -0.39 is 5.97 Å². The Morgan fingerprint density at radius 3 is 2.41 bits per heavy atom. The van der Waals surface area contributed by atoms with Gasteiger partial charge in [0.15, 0.2) is 6.20 Å². The predicted octanol–water partition coefficient (Wildman–Crippen LogP) is 3.29. The van der Waals surface area contributed by atoms with E-state index in [9.17, 15) is 0 Å². The number of benzene rings is 2. The molecule has 2 N–H and O–H groups in total. The largest absolute Gasteiger partial charge is 0.550 e. The molecule has 37 heavy (non-hydrogen) atoms. The number of aryl methyl sites for hydroxylation is 1. The zero-order valence-electron chi connectivity index (χ0n) is 21.3. The molecule has 2 aromatic carbocycles. The number of anilines is 1. The number of allylic oxidation sites excluding steroid dienone is 1. The van der Waals surface area contributed by atoms with Crippen LogP contribution in [0.25, 0.3) is 5.70 Å². The average molecular weight is 496 g/mol. The minimum atomic E-state index is -1.08. The van der Waals surface area contributed by atoms with Gasteiger partial charge >= 0.3 is 0 Å². The molecule has 188 valence electrons. The first-order valence-corrected chi connectivity index (χ1v) is 11.8. The molecule has 0 bridgehead atoms. The normalized spacial score (nSPS) is 13.2. The van der Waals surface area contributed by atoms with Gasteiger partial charge in [-0.1, -0.05) is 29.8 Å². The summed E-state index contributed by atoms with van der Waals surface area (Å²) in [6, 6.07) is 22.6. The van der Waals surface area contributed by atoms with E-state index in [1.165, 1.54) is 5.56 Å². The number of carboxylic acid groups (broad SMARTS) is 1. The van der Waals surface area contributed by atoms with E-state index in [0.29, 0.717) is 18.1 Å². The summed E-state index contributed by atoms with van der Waals surface area (Å²) in [7, 11) is 1.67. The quantitative estimate of drug-likeness (QED) is 0.427. The molecule has 8 nitrogen and oxygen atoms in total. The Hall–Kier alpha value is -4.72. The second-order valence-corrected chi connectivity index (χ2v) is 8.67. The van der Waals surface area contributed by atoms with Crippen molar-refractivity contribution < 1.29 is 19.2 Å². The summed E-state index contributed by atoms with van der Waals surface area (Å²) in [6.07, 6.45) is 3.80. The summed E-state index contributed by atoms with van der Waals surface area (Å²) >= 11 is 0. The maximum Gasteiger partial charge on any atom is 0.237 e. The van der Waals surface area contributed by atoms with Crippen LogP contribution in [0.3, 0.4) is 0 Å². The maximum atomic E-state index is 8.89. The number of ether oxygens (including phenoxy) is 1. The number of rotatable bonds is 5. The van der Waals surface area contributed by atoms with Gasteiger partial charge in [0, 0.05) is 23.7 Å². The molecule has 5 rings (SSSR count). The monoisotopic (exact) mass is 495 g/mol. The molecule has 0 spiro atoms. The Morgan fingerprint density at radius 1 is 1.08 bits per heavy atom. The van der Waals surface area contributed by atoms with Crippen LogP contribution >= 0.6 is 0 Å². The van der Waals surface area contributed by atoms with Gasteiger partial charge in [0.1, 0.15) is 23.0 Å². The number of hydrogen-bond donors (Lipinski definition) is 1. The summed E-state index contributed by atoms with van der Waals surface area (Å²) in [5, 5.41) is 13.4. The van der Waals surface area contributed by atoms with Gasteiger partial charge in [-0.25, -0.2) is 9.67 Å². The fourth-order valence-electron chi connectivity index (χ4n) is 4.15. The highest BCUT2D eigenvalue weighted by Crippen LogP contribution is 2.30. The number of aliphatic imine (C=N–C) groups is 1. The smallest absolute Gasteiger partial charge is 0.237 e. The van der Waals surface area contributed by atoms with Gasteiger partial charge in [0.2, 0.25) is 11.4 Å². The van der Waals surface area contributed by atoms with E-state index in [1.807, 2.05) is 24.3 Å². The van der Waals surface area contributed by atoms with Crippen molar-refractivity contribution in [2.24, 2.45) is 4.99 Å². The summed E-state index contributed by atoms with van der Waals surface area (Å²) in [5.74, 6) is 0.298. The van der Waals surface area contributed by atoms with Crippen LogP contribution in [0.2, 0.25) is 0 Å². The van der Waals surface area contributed by atoms with Gasteiger partial charge in [0.25, 0.3) is 0 Å². The molecule has 0 aliphatic carbocycles. The molecule has 0 amide bonds. The lowest BCUT2D eigenvalue weighted by Gasteiger charge is -2.05. The number of pyridine rings is 1. The number of aliphatic carboxylic acids is 1. The molecule has 4 aromatic rings. The molecule has 0 atom stereocenters. The summed E-state index contributed by atoms with van der Waals surface area (Å²) in [4.78, 5) is 13.9. The first kappa shape index (κ1) is 25.4. The van der Waals surface area contributed by atoms with Crippen LogP contribution < -0.4 is 20.1 Å². The van der Waals surface area contributed by atoms with Crippen LogP contribution in [0, 0.1) is 6.92 Å². The van der Waals surface area contributed by atoms with Gasteiger partial charge < -0.3 is 20.4 Å². The lowest BCUT2D eigenvalue weighted by atomic mass is 10.1. The number of fused-ring (bicyclic) bond motifs is 1. The Kier molecular flexibility index (Phi) is 7.48. The second-order valence-electron chi connectivity index (χ2n) is 8.67. The number of nitrogen functional groups attached to an aromatic ring is 1. The number of nitrogens with zero attached hydrogens (tertiary/aromatic N) is 4. The molecular formula is C29H29N5O3. The fourth-order valence-corrected chi connectivity index (χ4v) is 4.15. The highest BCUT2D eigenvalue weighted by atomic mass is 16.5. The number of aromatic nitrogens is 3. The Labute approximate surface area is 216 Å². The van der Waals surface area contributed by atoms with Crippen LogP contribution in [0.15, 0.2) is 89.7 Å². The molecule has 3 heterocycles. The summed E-state index contributed by atoms with van der Waals surface area (Å²) in [5.41, 5.74) is 14.7. The van der Waals surface area contributed by atoms with Crippen molar-refractivity contribution in [1.29, 1.82) is 0 Å². The molecular weight excluding hydrogens is 466 g/mol. The molecule has 0 radical (unpaired) electrons. The van der Waals surface area contributed by atoms with Gasteiger partial charge in [-0.15, -0.1) is 0 Å². The first-order valence-electron chi connectivity index (χ1n) is 11.8. The summed E-state index contributed by atoms with van der Waals surface area (Å²) < 4.78 is 9.29. The highest BCUT2D eigenvalue weighted by molar-refractivity contribution is 6.17. The van der Waals surface area contributed by atoms with Gasteiger partial charge in [-0.2, -0.15) is 9.67 Å². The van der Waals surface area contributed by atoms with Crippen molar-refractivity contribution in [3.05, 3.63) is 107 Å². The van der Waals surface area contributed by atoms with Gasteiger partial charge in [-0.3, -0.25) is 0 Å². The number of hydrogen-bond acceptors (Lipinski definition) is 6. The molecule has 1 aliphatic rings. The van der Waals surface area contributed by atoms with E-state index in [4.69, 9.17) is 25.4 Å². The number of carbonyl (C=O) groups excluding carboxylic acids is 1. The average Bonchev–Trinajstić information content (AvgIpc) is 3.37. The van der Waals surface area contributed by atoms with Crippen molar-refractivity contribution in [1.82, 2.24) is 9.78 Å². The van der Waals surface area contributed by atoms with E-state index in [-0.39, 0.29) is 0 Å². The maximum absolute atomic E-state index is 8.89. The molecule has 1 aliphatic heterocycles. The zero-order chi connectivity index (χ0) is 26.5. The van der Waals surface area contributed by atoms with E-state index in [0.717, 1.165) is 46.5 Å². The van der Waals surface area contributed by atoms with Crippen molar-refractivity contribution in [2.45, 2.75) is 27.3 Å². The molecule has 0 saturated carbocycles. The number of carboxylic acids is 1. The minimum Gasteiger partial charge on any atom is -0.550 e. The predicted molar refractivity (Wildman–Crippen MR) is 141 cm³/mol. The molecule has 0 unspecified atom stereocenters. The van der Waals surface area contributed by atoms with E-state index >= 15 is 0 Å². The molecule has 8 heteroatoms. The molecule has 0 fully saturated rings. The van der Waals surface area contributed by atoms with Gasteiger partial charge in [-0.05, 0) is 56.7 Å². The Balaban J connectivity index is 0.000000747. The van der Waals surface area contributed by atoms with Crippen molar-refractivity contribution in [3.8, 4) is 5.75 Å². The lowest BCUT2D eigenvalue weighted by Crippen LogP contribution is -2.34. The second kappa shape index (κ2) is 10.9. The summed E-state index contributed by atoms with van der Waals surface area (Å²) in [6.45, 7) is 5.75. The van der Waals surface area contributed by atoms with E-state index in [1.54, 1.807) is 18.0 Å². The third-order valence-electron chi connectivity index (χ3n) is 5.96. The minimum absolute atomic E-state index is 0.552. The first-order chi connectivity index (χ1) is 17.8. The van der Waals surface area contributed by atoms with Crippen molar-refractivity contribution in [2.75, 3.05) is 12.8 Å². The van der Waals surface area contributed by atoms with Crippen LogP contribution in [-0.2, 0) is 11.3 Å². The third kappa shape index (κ3) is 5.59. The van der Waals surface area contributed by atoms with Crippen LogP contribution in [-0.4, -0.2) is 28.6 Å². The highest BCUT2D eigenvalue weighted by Gasteiger charge is 2.34. The molecule has 2 aromatic heterocycles. The topological polar surface area (TPSA) is 109 Å². The van der Waals surface area contributed by atoms with Crippen LogP contribution in [0.4, 0.5) is 11.5 Å². The number of nitrogens with two attached hydrogens (primary N) is 1. The number of methoxy groups -OCH3 is 1. The lowest BCUT2D eigenvalue weighted by molar-refractivity contribution is -0.577. The van der Waals surface area contributed by atoms with Gasteiger partial charge in [0.05, 0.1) is 25.4 Å². The van der Waals surface area contributed by atoms with Crippen molar-refractivity contribution in [3.63, 3.8) is 0 Å². The molecule has 0 saturated heterocycles. The van der Waals surface area contributed by atoms with Crippen molar-refractivity contribution >= 4 is 28.9 Å². The number of carbonyl (C=O) groups is 1. The van der Waals surface area contributed by atoms with Crippen LogP contribution in [0.1, 0.15) is 36.2 Å².